The van der Waals surface area contributed by atoms with Gasteiger partial charge in [0.05, 0.1) is 11.1 Å². The molecule has 0 aliphatic carbocycles. The summed E-state index contributed by atoms with van der Waals surface area (Å²) in [5.41, 5.74) is 5.55. The van der Waals surface area contributed by atoms with E-state index in [0.29, 0.717) is 5.69 Å². The van der Waals surface area contributed by atoms with E-state index in [1.54, 1.807) is 6.07 Å². The van der Waals surface area contributed by atoms with Gasteiger partial charge >= 0.3 is 0 Å². The molecule has 0 amide bonds. The molecule has 18 heavy (non-hydrogen) atoms. The zero-order valence-corrected chi connectivity index (χ0v) is 9.00. The van der Waals surface area contributed by atoms with Crippen molar-refractivity contribution in [2.24, 2.45) is 0 Å². The van der Waals surface area contributed by atoms with E-state index >= 15 is 0 Å². The average Bonchev–Trinajstić information content (AvgIpc) is 2.34. The van der Waals surface area contributed by atoms with Gasteiger partial charge in [-0.1, -0.05) is 6.07 Å². The van der Waals surface area contributed by atoms with Gasteiger partial charge in [-0.15, -0.1) is 0 Å². The molecule has 1 aromatic heterocycles. The van der Waals surface area contributed by atoms with Crippen molar-refractivity contribution in [1.82, 2.24) is 9.97 Å². The third kappa shape index (κ3) is 2.48. The van der Waals surface area contributed by atoms with E-state index in [-0.39, 0.29) is 17.5 Å². The fourth-order valence-corrected chi connectivity index (χ4v) is 1.30. The highest BCUT2D eigenvalue weighted by atomic mass is 19.1. The maximum atomic E-state index is 13.3. The Labute approximate surface area is 101 Å². The zero-order valence-electron chi connectivity index (χ0n) is 9.00. The Bertz CT molecular complexity index is 605. The molecule has 0 radical (unpaired) electrons. The number of halogens is 1. The van der Waals surface area contributed by atoms with E-state index in [0.717, 1.165) is 6.20 Å². The average molecular weight is 249 g/mol. The molecule has 1 aromatic carbocycles. The summed E-state index contributed by atoms with van der Waals surface area (Å²) in [6.45, 7) is 0. The van der Waals surface area contributed by atoms with Crippen molar-refractivity contribution >= 4 is 23.1 Å². The van der Waals surface area contributed by atoms with Gasteiger partial charge in [0.15, 0.2) is 11.6 Å². The highest BCUT2D eigenvalue weighted by Gasteiger charge is 2.09. The van der Waals surface area contributed by atoms with Gasteiger partial charge in [0.1, 0.15) is 0 Å². The summed E-state index contributed by atoms with van der Waals surface area (Å²) in [4.78, 5) is 17.2. The highest BCUT2D eigenvalue weighted by molar-refractivity contribution is 5.60. The number of nitrogens with zero attached hydrogens (tertiary/aromatic N) is 3. The van der Waals surface area contributed by atoms with E-state index in [1.165, 1.54) is 18.2 Å². The molecule has 1 heterocycles. The molecule has 7 nitrogen and oxygen atoms in total. The van der Waals surface area contributed by atoms with Gasteiger partial charge in [-0.25, -0.2) is 9.37 Å². The first kappa shape index (κ1) is 11.7. The smallest absolute Gasteiger partial charge is 0.271 e. The topological polar surface area (TPSA) is 107 Å². The number of rotatable bonds is 3. The monoisotopic (exact) mass is 249 g/mol. The Balaban J connectivity index is 2.31. The van der Waals surface area contributed by atoms with Crippen LogP contribution in [0.15, 0.2) is 30.5 Å². The van der Waals surface area contributed by atoms with Crippen LogP contribution in [-0.4, -0.2) is 14.9 Å². The van der Waals surface area contributed by atoms with E-state index in [1.807, 2.05) is 0 Å². The fourth-order valence-electron chi connectivity index (χ4n) is 1.30. The van der Waals surface area contributed by atoms with Crippen LogP contribution in [0.25, 0.3) is 0 Å². The second kappa shape index (κ2) is 4.62. The number of nitro groups is 1. The van der Waals surface area contributed by atoms with Crippen LogP contribution >= 0.6 is 0 Å². The minimum Gasteiger partial charge on any atom is -0.368 e. The predicted octanol–water partition coefficient (Wildman–Crippen LogP) is 1.85. The van der Waals surface area contributed by atoms with Crippen LogP contribution in [0.2, 0.25) is 0 Å². The third-order valence-corrected chi connectivity index (χ3v) is 2.08. The van der Waals surface area contributed by atoms with Crippen molar-refractivity contribution in [3.63, 3.8) is 0 Å². The molecule has 0 bridgehead atoms. The number of nitrogen functional groups attached to an aromatic ring is 1. The maximum Gasteiger partial charge on any atom is 0.271 e. The minimum absolute atomic E-state index is 0.0932. The molecule has 0 aliphatic rings. The Morgan fingerprint density at radius 3 is 2.94 bits per heavy atom. The minimum atomic E-state index is -0.698. The third-order valence-electron chi connectivity index (χ3n) is 2.08. The van der Waals surface area contributed by atoms with Crippen LogP contribution in [0.5, 0.6) is 0 Å². The van der Waals surface area contributed by atoms with Crippen molar-refractivity contribution in [1.29, 1.82) is 0 Å². The maximum absolute atomic E-state index is 13.3. The van der Waals surface area contributed by atoms with E-state index in [4.69, 9.17) is 5.73 Å². The van der Waals surface area contributed by atoms with Crippen molar-refractivity contribution in [2.75, 3.05) is 11.1 Å². The molecule has 0 atom stereocenters. The number of hydrogen-bond acceptors (Lipinski definition) is 6. The predicted molar refractivity (Wildman–Crippen MR) is 62.8 cm³/mol. The normalized spacial score (nSPS) is 10.1. The Morgan fingerprint density at radius 2 is 2.22 bits per heavy atom. The Kier molecular flexibility index (Phi) is 3.00. The summed E-state index contributed by atoms with van der Waals surface area (Å²) in [5.74, 6) is -0.928. The lowest BCUT2D eigenvalue weighted by atomic mass is 10.3. The molecule has 3 N–H and O–H groups in total. The first-order chi connectivity index (χ1) is 8.56. The number of nitrogens with two attached hydrogens (primary N) is 1. The number of nitrogens with one attached hydrogen (secondary N) is 1. The summed E-state index contributed by atoms with van der Waals surface area (Å²) < 4.78 is 13.3. The number of hydrogen-bond donors (Lipinski definition) is 2. The second-order valence-corrected chi connectivity index (χ2v) is 3.36. The molecule has 0 spiro atoms. The number of anilines is 3. The van der Waals surface area contributed by atoms with Crippen LogP contribution in [0.3, 0.4) is 0 Å². The summed E-state index contributed by atoms with van der Waals surface area (Å²) >= 11 is 0. The lowest BCUT2D eigenvalue weighted by Crippen LogP contribution is -2.02. The van der Waals surface area contributed by atoms with Gasteiger partial charge < -0.3 is 11.1 Å². The molecule has 0 saturated carbocycles. The number of nitro benzene ring substituents is 1. The first-order valence-corrected chi connectivity index (χ1v) is 4.86. The first-order valence-electron chi connectivity index (χ1n) is 4.86. The summed E-state index contributed by atoms with van der Waals surface area (Å²) in [6.07, 6.45) is 0.919. The van der Waals surface area contributed by atoms with Gasteiger partial charge in [0.25, 0.3) is 5.69 Å². The molecule has 2 rings (SSSR count). The van der Waals surface area contributed by atoms with Gasteiger partial charge in [-0.2, -0.15) is 4.98 Å². The molecular weight excluding hydrogens is 241 g/mol. The van der Waals surface area contributed by atoms with Gasteiger partial charge in [-0.05, 0) is 6.07 Å². The summed E-state index contributed by atoms with van der Waals surface area (Å²) in [5, 5.41) is 13.2. The SMILES string of the molecule is Nc1ncc(F)c(Nc2cccc([N+](=O)[O-])c2)n1. The fraction of sp³-hybridized carbons (Fsp3) is 0. The molecule has 0 unspecified atom stereocenters. The van der Waals surface area contributed by atoms with Crippen LogP contribution in [-0.2, 0) is 0 Å². The van der Waals surface area contributed by atoms with Crippen molar-refractivity contribution in [3.8, 4) is 0 Å². The standard InChI is InChI=1S/C10H8FN5O2/c11-8-5-13-10(12)15-9(8)14-6-2-1-3-7(4-6)16(17)18/h1-5H,(H3,12,13,14,15). The van der Waals surface area contributed by atoms with Crippen molar-refractivity contribution in [3.05, 3.63) is 46.4 Å². The van der Waals surface area contributed by atoms with Crippen molar-refractivity contribution in [2.45, 2.75) is 0 Å². The van der Waals surface area contributed by atoms with E-state index in [9.17, 15) is 14.5 Å². The highest BCUT2D eigenvalue weighted by Crippen LogP contribution is 2.21. The molecular formula is C10H8FN5O2. The number of non-ortho nitro benzene ring substituents is 1. The van der Waals surface area contributed by atoms with E-state index < -0.39 is 10.7 Å². The lowest BCUT2D eigenvalue weighted by molar-refractivity contribution is -0.384. The lowest BCUT2D eigenvalue weighted by Gasteiger charge is -2.06. The molecule has 8 heteroatoms. The molecule has 2 aromatic rings. The number of benzene rings is 1. The molecule has 0 aliphatic heterocycles. The van der Waals surface area contributed by atoms with Crippen LogP contribution in [0.1, 0.15) is 0 Å². The van der Waals surface area contributed by atoms with Gasteiger partial charge in [0.2, 0.25) is 5.95 Å². The van der Waals surface area contributed by atoms with Crippen LogP contribution in [0.4, 0.5) is 27.5 Å². The van der Waals surface area contributed by atoms with Gasteiger partial charge in [0, 0.05) is 17.8 Å². The molecule has 92 valence electrons. The zero-order chi connectivity index (χ0) is 13.1. The number of aromatic nitrogens is 2. The van der Waals surface area contributed by atoms with Crippen LogP contribution < -0.4 is 11.1 Å². The quantitative estimate of drug-likeness (QED) is 0.635. The molecule has 0 saturated heterocycles. The Hall–Kier alpha value is -2.77. The van der Waals surface area contributed by atoms with E-state index in [2.05, 4.69) is 15.3 Å². The summed E-state index contributed by atoms with van der Waals surface area (Å²) in [6, 6.07) is 5.61. The van der Waals surface area contributed by atoms with Crippen LogP contribution in [0, 0.1) is 15.9 Å². The largest absolute Gasteiger partial charge is 0.368 e. The summed E-state index contributed by atoms with van der Waals surface area (Å²) in [7, 11) is 0. The molecule has 0 fully saturated rings. The van der Waals surface area contributed by atoms with Gasteiger partial charge in [-0.3, -0.25) is 10.1 Å². The Morgan fingerprint density at radius 1 is 1.44 bits per heavy atom. The van der Waals surface area contributed by atoms with Crippen molar-refractivity contribution < 1.29 is 9.31 Å². The second-order valence-electron chi connectivity index (χ2n) is 3.36.